The van der Waals surface area contributed by atoms with E-state index in [1.54, 1.807) is 23.6 Å². The van der Waals surface area contributed by atoms with Crippen molar-refractivity contribution in [2.75, 3.05) is 18.0 Å². The highest BCUT2D eigenvalue weighted by atomic mass is 19.1. The second kappa shape index (κ2) is 12.0. The van der Waals surface area contributed by atoms with Crippen molar-refractivity contribution in [3.05, 3.63) is 76.7 Å². The molecular formula is C32H27B4F3N6O4. The Morgan fingerprint density at radius 1 is 1.00 bits per heavy atom. The van der Waals surface area contributed by atoms with Gasteiger partial charge in [-0.2, -0.15) is 4.98 Å². The van der Waals surface area contributed by atoms with Crippen molar-refractivity contribution in [1.82, 2.24) is 24.4 Å². The topological polar surface area (TPSA) is 103 Å². The van der Waals surface area contributed by atoms with Crippen molar-refractivity contribution in [3.63, 3.8) is 0 Å². The molecule has 1 amide bonds. The number of ether oxygens (including phenoxy) is 2. The van der Waals surface area contributed by atoms with Gasteiger partial charge in [0.05, 0.1) is 16.6 Å². The summed E-state index contributed by atoms with van der Waals surface area (Å²) in [5.74, 6) is -5.28. The van der Waals surface area contributed by atoms with Crippen molar-refractivity contribution in [1.29, 1.82) is 0 Å². The standard InChI is InChI=1S/C32H27B4F3N6O4/c1-6-22(46)43-12-16(5)44(13-15(43)4)28-17-11-20(39)25-23-18(37)7-8-19(38)27(23)49-32(35,36)31(33,34)48-21-9-10-40-24(14(2)3)26(21)45(29(17)41-25)30(47)42-28/h6-11,14-16H,1,12-13H2,2-5H3/t15-,16+/m1/s1. The SMILES string of the molecule is [B]C1([B])Oc2ccnc(C(C)C)c2-n2c(=O)nc(N3C[C@@H](C)N(C(=O)C=C)C[C@@H]3C)c3cc(F)c(nc32)-c2c(F)ccc(F)c2OC1([B])[B]. The highest BCUT2D eigenvalue weighted by molar-refractivity contribution is 6.53. The van der Waals surface area contributed by atoms with Crippen LogP contribution in [0.25, 0.3) is 28.0 Å². The van der Waals surface area contributed by atoms with Crippen molar-refractivity contribution in [2.24, 2.45) is 0 Å². The van der Waals surface area contributed by atoms with Gasteiger partial charge >= 0.3 is 5.69 Å². The fraction of sp³-hybridized carbons (Fsp3) is 0.344. The molecule has 49 heavy (non-hydrogen) atoms. The lowest BCUT2D eigenvalue weighted by Crippen LogP contribution is -2.64. The van der Waals surface area contributed by atoms with Gasteiger partial charge in [-0.05, 0) is 44.0 Å². The number of aromatic nitrogens is 4. The number of benzene rings is 1. The smallest absolute Gasteiger partial charge is 0.356 e. The minimum absolute atomic E-state index is 0.0167. The molecule has 1 fully saturated rings. The van der Waals surface area contributed by atoms with Gasteiger partial charge in [0.25, 0.3) is 0 Å². The number of piperazine rings is 1. The maximum absolute atomic E-state index is 16.4. The van der Waals surface area contributed by atoms with Crippen LogP contribution in [0, 0.1) is 17.5 Å². The number of rotatable bonds is 3. The number of nitrogens with zero attached hydrogens (tertiary/aromatic N) is 6. The Labute approximate surface area is 285 Å². The zero-order valence-corrected chi connectivity index (χ0v) is 27.1. The Morgan fingerprint density at radius 3 is 2.35 bits per heavy atom. The highest BCUT2D eigenvalue weighted by Crippen LogP contribution is 2.42. The summed E-state index contributed by atoms with van der Waals surface area (Å²) in [5, 5.41) is -5.48. The molecule has 0 spiro atoms. The van der Waals surface area contributed by atoms with Crippen LogP contribution in [-0.2, 0) is 4.79 Å². The third-order valence-corrected chi connectivity index (χ3v) is 8.66. The summed E-state index contributed by atoms with van der Waals surface area (Å²) in [6.45, 7) is 11.2. The van der Waals surface area contributed by atoms with E-state index in [1.165, 1.54) is 18.3 Å². The molecular weight excluding hydrogens is 633 g/mol. The minimum atomic E-state index is -2.80. The first-order chi connectivity index (χ1) is 23.0. The molecule has 8 radical (unpaired) electrons. The van der Waals surface area contributed by atoms with Gasteiger partial charge < -0.3 is 19.3 Å². The molecule has 3 aromatic heterocycles. The molecule has 17 heteroatoms. The fourth-order valence-electron chi connectivity index (χ4n) is 6.09. The third-order valence-electron chi connectivity index (χ3n) is 8.66. The van der Waals surface area contributed by atoms with Crippen LogP contribution < -0.4 is 20.1 Å². The van der Waals surface area contributed by atoms with Crippen LogP contribution >= 0.6 is 0 Å². The van der Waals surface area contributed by atoms with Gasteiger partial charge in [0, 0.05) is 48.2 Å². The minimum Gasteiger partial charge on any atom is -0.502 e. The van der Waals surface area contributed by atoms with Crippen molar-refractivity contribution in [2.45, 2.75) is 56.5 Å². The zero-order valence-electron chi connectivity index (χ0n) is 27.1. The normalized spacial score (nSPS) is 19.7. The number of hydrogen-bond donors (Lipinski definition) is 0. The van der Waals surface area contributed by atoms with Crippen LogP contribution in [0.15, 0.2) is 47.9 Å². The Morgan fingerprint density at radius 2 is 1.67 bits per heavy atom. The van der Waals surface area contributed by atoms with E-state index in [9.17, 15) is 9.59 Å². The summed E-state index contributed by atoms with van der Waals surface area (Å²) >= 11 is 0. The molecule has 0 aliphatic carbocycles. The van der Waals surface area contributed by atoms with E-state index in [4.69, 9.17) is 40.9 Å². The van der Waals surface area contributed by atoms with Crippen LogP contribution in [0.1, 0.15) is 39.3 Å². The summed E-state index contributed by atoms with van der Waals surface area (Å²) < 4.78 is 60.0. The molecule has 242 valence electrons. The molecule has 1 saturated heterocycles. The molecule has 1 aromatic carbocycles. The van der Waals surface area contributed by atoms with Crippen LogP contribution in [0.2, 0.25) is 0 Å². The number of fused-ring (bicyclic) bond motifs is 5. The molecule has 2 bridgehead atoms. The van der Waals surface area contributed by atoms with Gasteiger partial charge in [-0.3, -0.25) is 9.78 Å². The van der Waals surface area contributed by atoms with Crippen molar-refractivity contribution in [3.8, 4) is 28.4 Å². The van der Waals surface area contributed by atoms with Gasteiger partial charge in [0.2, 0.25) is 5.91 Å². The lowest BCUT2D eigenvalue weighted by Gasteiger charge is -2.45. The summed E-state index contributed by atoms with van der Waals surface area (Å²) in [6, 6.07) is 2.99. The largest absolute Gasteiger partial charge is 0.502 e. The summed E-state index contributed by atoms with van der Waals surface area (Å²) in [6.07, 6.45) is 2.57. The highest BCUT2D eigenvalue weighted by Gasteiger charge is 2.42. The van der Waals surface area contributed by atoms with Crippen LogP contribution in [0.4, 0.5) is 19.0 Å². The first-order valence-electron chi connectivity index (χ1n) is 15.3. The lowest BCUT2D eigenvalue weighted by atomic mass is 9.42. The second-order valence-corrected chi connectivity index (χ2v) is 12.5. The number of pyridine rings is 2. The molecule has 6 rings (SSSR count). The average Bonchev–Trinajstić information content (AvgIpc) is 3.03. The summed E-state index contributed by atoms with van der Waals surface area (Å²) in [5.41, 5.74) is -2.49. The van der Waals surface area contributed by atoms with Crippen LogP contribution in [0.3, 0.4) is 0 Å². The molecule has 0 N–H and O–H groups in total. The molecule has 0 unspecified atom stereocenters. The van der Waals surface area contributed by atoms with E-state index in [-0.39, 0.29) is 64.9 Å². The predicted octanol–water partition coefficient (Wildman–Crippen LogP) is 2.75. The number of anilines is 1. The van der Waals surface area contributed by atoms with Gasteiger partial charge in [-0.1, -0.05) is 20.4 Å². The Kier molecular flexibility index (Phi) is 8.39. The first kappa shape index (κ1) is 34.2. The van der Waals surface area contributed by atoms with Gasteiger partial charge in [0.15, 0.2) is 23.0 Å². The number of hydrogen-bond acceptors (Lipinski definition) is 8. The number of amides is 1. The van der Waals surface area contributed by atoms with E-state index < -0.39 is 57.0 Å². The van der Waals surface area contributed by atoms with E-state index in [2.05, 4.69) is 21.5 Å². The maximum Gasteiger partial charge on any atom is 0.356 e. The molecule has 0 saturated carbocycles. The quantitative estimate of drug-likeness (QED) is 0.245. The first-order valence-corrected chi connectivity index (χ1v) is 15.3. The molecule has 2 aliphatic heterocycles. The average molecular weight is 660 g/mol. The summed E-state index contributed by atoms with van der Waals surface area (Å²) in [7, 11) is 24.8. The van der Waals surface area contributed by atoms with Crippen LogP contribution in [-0.4, -0.2) is 97.7 Å². The maximum atomic E-state index is 16.4. The Hall–Kier alpha value is -4.68. The van der Waals surface area contributed by atoms with E-state index >= 15 is 13.2 Å². The van der Waals surface area contributed by atoms with E-state index in [0.29, 0.717) is 6.07 Å². The molecule has 2 aliphatic rings. The van der Waals surface area contributed by atoms with Crippen molar-refractivity contribution < 1.29 is 27.4 Å². The zero-order chi connectivity index (χ0) is 35.7. The van der Waals surface area contributed by atoms with Crippen LogP contribution in [0.5, 0.6) is 11.5 Å². The lowest BCUT2D eigenvalue weighted by molar-refractivity contribution is -0.128. The third kappa shape index (κ3) is 5.56. The second-order valence-electron chi connectivity index (χ2n) is 12.5. The van der Waals surface area contributed by atoms with E-state index in [1.807, 2.05) is 13.8 Å². The molecule has 10 nitrogen and oxygen atoms in total. The monoisotopic (exact) mass is 660 g/mol. The molecule has 2 atom stereocenters. The molecule has 4 aromatic rings. The fourth-order valence-corrected chi connectivity index (χ4v) is 6.09. The number of carbonyl (C=O) groups is 1. The van der Waals surface area contributed by atoms with Gasteiger partial charge in [0.1, 0.15) is 60.2 Å². The van der Waals surface area contributed by atoms with E-state index in [0.717, 1.165) is 16.7 Å². The van der Waals surface area contributed by atoms with Gasteiger partial charge in [-0.15, -0.1) is 0 Å². The molecule has 5 heterocycles. The number of halogens is 3. The Balaban J connectivity index is 1.76. The van der Waals surface area contributed by atoms with Gasteiger partial charge in [-0.25, -0.2) is 27.5 Å². The number of carbonyl (C=O) groups excluding carboxylic acids is 1. The Bertz CT molecular complexity index is 2100. The predicted molar refractivity (Wildman–Crippen MR) is 180 cm³/mol. The van der Waals surface area contributed by atoms with Crippen molar-refractivity contribution >= 4 is 54.1 Å². The summed E-state index contributed by atoms with van der Waals surface area (Å²) in [4.78, 5) is 43.5.